The quantitative estimate of drug-likeness (QED) is 0.222. The first-order chi connectivity index (χ1) is 13.6. The standard InChI is InChI=1S/C17H30N2O10/c1-6-11(18-7(2)21)15(25)14(24)10(28-6)5-27-17-12(19-8(3)22)16(26)13(23)9(4-20)29-17/h6,9-17,20,23-26H,4-5H2,1-3H3,(H,18,21)(H,19,22)/t6-,9?,10?,11?,12?,13-,14-,15+,16+,17+/m0/s1. The minimum absolute atomic E-state index is 0.295. The van der Waals surface area contributed by atoms with E-state index in [1.165, 1.54) is 13.8 Å². The van der Waals surface area contributed by atoms with Gasteiger partial charge in [-0.1, -0.05) is 0 Å². The molecule has 12 nitrogen and oxygen atoms in total. The summed E-state index contributed by atoms with van der Waals surface area (Å²) in [6.07, 6.45) is -9.67. The zero-order valence-electron chi connectivity index (χ0n) is 16.5. The number of ether oxygens (including phenoxy) is 3. The van der Waals surface area contributed by atoms with Gasteiger partial charge in [0.2, 0.25) is 11.8 Å². The number of nitrogens with one attached hydrogen (secondary N) is 2. The first-order valence-electron chi connectivity index (χ1n) is 9.36. The summed E-state index contributed by atoms with van der Waals surface area (Å²) in [6.45, 7) is 3.21. The van der Waals surface area contributed by atoms with Crippen molar-refractivity contribution in [3.63, 3.8) is 0 Å². The molecule has 0 aromatic heterocycles. The minimum atomic E-state index is -1.47. The van der Waals surface area contributed by atoms with Crippen LogP contribution < -0.4 is 10.6 Å². The summed E-state index contributed by atoms with van der Waals surface area (Å²) >= 11 is 0. The van der Waals surface area contributed by atoms with Crippen LogP contribution in [0.5, 0.6) is 0 Å². The van der Waals surface area contributed by atoms with Crippen LogP contribution in [0, 0.1) is 0 Å². The Morgan fingerprint density at radius 2 is 1.38 bits per heavy atom. The molecule has 0 saturated carbocycles. The lowest BCUT2D eigenvalue weighted by Gasteiger charge is -2.44. The van der Waals surface area contributed by atoms with E-state index in [9.17, 15) is 35.1 Å². The Morgan fingerprint density at radius 3 is 1.93 bits per heavy atom. The van der Waals surface area contributed by atoms with E-state index >= 15 is 0 Å². The number of aliphatic hydroxyl groups is 5. The van der Waals surface area contributed by atoms with Gasteiger partial charge in [-0.3, -0.25) is 9.59 Å². The molecule has 2 fully saturated rings. The smallest absolute Gasteiger partial charge is 0.217 e. The maximum Gasteiger partial charge on any atom is 0.217 e. The Hall–Kier alpha value is -1.38. The number of rotatable bonds is 6. The van der Waals surface area contributed by atoms with Crippen LogP contribution in [0.25, 0.3) is 0 Å². The highest BCUT2D eigenvalue weighted by molar-refractivity contribution is 5.73. The van der Waals surface area contributed by atoms with E-state index in [4.69, 9.17) is 14.2 Å². The molecule has 2 saturated heterocycles. The summed E-state index contributed by atoms with van der Waals surface area (Å²) in [5.41, 5.74) is 0. The maximum absolute atomic E-state index is 11.4. The molecular formula is C17H30N2O10. The molecule has 12 heteroatoms. The third-order valence-electron chi connectivity index (χ3n) is 5.04. The Balaban J connectivity index is 2.05. The second-order valence-electron chi connectivity index (χ2n) is 7.35. The van der Waals surface area contributed by atoms with Gasteiger partial charge in [-0.25, -0.2) is 0 Å². The normalized spacial score (nSPS) is 42.9. The Bertz CT molecular complexity index is 578. The number of aliphatic hydroxyl groups excluding tert-OH is 5. The van der Waals surface area contributed by atoms with E-state index in [-0.39, 0.29) is 12.5 Å². The molecule has 0 spiro atoms. The highest BCUT2D eigenvalue weighted by Gasteiger charge is 2.47. The van der Waals surface area contributed by atoms with Gasteiger partial charge in [0.05, 0.1) is 25.4 Å². The number of hydrogen-bond donors (Lipinski definition) is 7. The van der Waals surface area contributed by atoms with E-state index in [0.717, 1.165) is 0 Å². The minimum Gasteiger partial charge on any atom is -0.394 e. The van der Waals surface area contributed by atoms with Crippen LogP contribution >= 0.6 is 0 Å². The molecule has 7 N–H and O–H groups in total. The average molecular weight is 422 g/mol. The molecule has 2 heterocycles. The largest absolute Gasteiger partial charge is 0.394 e. The van der Waals surface area contributed by atoms with Gasteiger partial charge >= 0.3 is 0 Å². The van der Waals surface area contributed by atoms with Crippen molar-refractivity contribution in [2.75, 3.05) is 13.2 Å². The molecule has 0 aromatic carbocycles. The first kappa shape index (κ1) is 23.9. The molecule has 2 rings (SSSR count). The second-order valence-corrected chi connectivity index (χ2v) is 7.35. The predicted octanol–water partition coefficient (Wildman–Crippen LogP) is -4.04. The molecule has 168 valence electrons. The number of carbonyl (C=O) groups excluding carboxylic acids is 2. The van der Waals surface area contributed by atoms with Gasteiger partial charge in [0.25, 0.3) is 0 Å². The van der Waals surface area contributed by atoms with Crippen molar-refractivity contribution in [3.05, 3.63) is 0 Å². The fourth-order valence-electron chi connectivity index (χ4n) is 3.53. The molecule has 0 radical (unpaired) electrons. The Morgan fingerprint density at radius 1 is 0.862 bits per heavy atom. The number of carbonyl (C=O) groups is 2. The Kier molecular flexibility index (Phi) is 8.31. The Labute approximate surface area is 167 Å². The lowest BCUT2D eigenvalue weighted by Crippen LogP contribution is -2.66. The maximum atomic E-state index is 11.4. The molecule has 0 bridgehead atoms. The van der Waals surface area contributed by atoms with Crippen molar-refractivity contribution in [2.24, 2.45) is 0 Å². The van der Waals surface area contributed by atoms with Crippen LogP contribution in [0.4, 0.5) is 0 Å². The highest BCUT2D eigenvalue weighted by atomic mass is 16.7. The SMILES string of the molecule is CC(=O)NC1[C@H](OCC2O[C@@H](C)C(NC(C)=O)[C@@H](O)[C@H]2O)OC(CO)[C@H](O)[C@@H]1O. The fourth-order valence-corrected chi connectivity index (χ4v) is 3.53. The van der Waals surface area contributed by atoms with Crippen LogP contribution in [0.2, 0.25) is 0 Å². The summed E-state index contributed by atoms with van der Waals surface area (Å²) in [4.78, 5) is 22.7. The van der Waals surface area contributed by atoms with Crippen LogP contribution in [0.15, 0.2) is 0 Å². The van der Waals surface area contributed by atoms with Crippen LogP contribution in [0.1, 0.15) is 20.8 Å². The van der Waals surface area contributed by atoms with Crippen molar-refractivity contribution >= 4 is 11.8 Å². The van der Waals surface area contributed by atoms with Gasteiger partial charge in [0.1, 0.15) is 42.7 Å². The fraction of sp³-hybridized carbons (Fsp3) is 0.882. The second kappa shape index (κ2) is 10.1. The van der Waals surface area contributed by atoms with Crippen molar-refractivity contribution in [1.82, 2.24) is 10.6 Å². The van der Waals surface area contributed by atoms with Crippen LogP contribution in [-0.4, -0.2) is 112 Å². The molecule has 2 aliphatic heterocycles. The highest BCUT2D eigenvalue weighted by Crippen LogP contribution is 2.25. The topological polar surface area (TPSA) is 187 Å². The molecule has 2 amide bonds. The average Bonchev–Trinajstić information content (AvgIpc) is 2.65. The predicted molar refractivity (Wildman–Crippen MR) is 95.3 cm³/mol. The molecular weight excluding hydrogens is 392 g/mol. The molecule has 0 aliphatic carbocycles. The van der Waals surface area contributed by atoms with Crippen molar-refractivity contribution in [3.8, 4) is 0 Å². The van der Waals surface area contributed by atoms with E-state index in [1.807, 2.05) is 0 Å². The summed E-state index contributed by atoms with van der Waals surface area (Å²) in [7, 11) is 0. The first-order valence-corrected chi connectivity index (χ1v) is 9.36. The molecule has 10 atom stereocenters. The lowest BCUT2D eigenvalue weighted by molar-refractivity contribution is -0.284. The van der Waals surface area contributed by atoms with Crippen molar-refractivity contribution < 1.29 is 49.3 Å². The van der Waals surface area contributed by atoms with E-state index < -0.39 is 73.6 Å². The third-order valence-corrected chi connectivity index (χ3v) is 5.04. The molecule has 4 unspecified atom stereocenters. The zero-order chi connectivity index (χ0) is 21.9. The van der Waals surface area contributed by atoms with Gasteiger partial charge in [0.15, 0.2) is 6.29 Å². The number of hydrogen-bond acceptors (Lipinski definition) is 10. The summed E-state index contributed by atoms with van der Waals surface area (Å²) in [5, 5.41) is 55.1. The van der Waals surface area contributed by atoms with E-state index in [1.54, 1.807) is 6.92 Å². The lowest BCUT2D eigenvalue weighted by atomic mass is 9.93. The summed E-state index contributed by atoms with van der Waals surface area (Å²) in [5.74, 6) is -0.889. The third kappa shape index (κ3) is 5.61. The van der Waals surface area contributed by atoms with E-state index in [2.05, 4.69) is 10.6 Å². The molecule has 29 heavy (non-hydrogen) atoms. The van der Waals surface area contributed by atoms with Gasteiger partial charge in [-0.2, -0.15) is 0 Å². The zero-order valence-corrected chi connectivity index (χ0v) is 16.5. The van der Waals surface area contributed by atoms with E-state index in [0.29, 0.717) is 0 Å². The summed E-state index contributed by atoms with van der Waals surface area (Å²) < 4.78 is 16.6. The van der Waals surface area contributed by atoms with Gasteiger partial charge in [-0.15, -0.1) is 0 Å². The summed E-state index contributed by atoms with van der Waals surface area (Å²) in [6, 6.07) is -1.95. The monoisotopic (exact) mass is 422 g/mol. The molecule has 0 aromatic rings. The van der Waals surface area contributed by atoms with Crippen LogP contribution in [-0.2, 0) is 23.8 Å². The molecule has 2 aliphatic rings. The number of amides is 2. The van der Waals surface area contributed by atoms with Crippen molar-refractivity contribution in [1.29, 1.82) is 0 Å². The van der Waals surface area contributed by atoms with Crippen LogP contribution in [0.3, 0.4) is 0 Å². The van der Waals surface area contributed by atoms with Gasteiger partial charge in [0, 0.05) is 13.8 Å². The van der Waals surface area contributed by atoms with Gasteiger partial charge < -0.3 is 50.4 Å². The van der Waals surface area contributed by atoms with Gasteiger partial charge in [-0.05, 0) is 6.92 Å². The van der Waals surface area contributed by atoms with Crippen molar-refractivity contribution in [2.45, 2.75) is 81.9 Å².